The number of benzene rings is 1. The standard InChI is InChI=1S/C22H30N6O5S/c1-15(2)20(29)25-22(26-30)27-9-10-28(16(3)13-27)21-23-11-18(12-24-21)33-14-17-5-7-19(8-6-17)34(4,31)32/h5-8,11-12,15-16,30H,9-10,13-14H2,1-4H3,(H,25,26,29)/t16-/m1/s1. The molecule has 0 aliphatic carbocycles. The molecule has 1 aromatic carbocycles. The number of hydrogen-bond acceptors (Lipinski definition) is 9. The fourth-order valence-electron chi connectivity index (χ4n) is 3.40. The quantitative estimate of drug-likeness (QED) is 0.267. The lowest BCUT2D eigenvalue weighted by atomic mass is 10.2. The zero-order chi connectivity index (χ0) is 24.9. The second-order valence-electron chi connectivity index (χ2n) is 8.48. The Hall–Kier alpha value is -3.41. The highest BCUT2D eigenvalue weighted by Crippen LogP contribution is 2.19. The molecule has 2 N–H and O–H groups in total. The van der Waals surface area contributed by atoms with Gasteiger partial charge in [0.2, 0.25) is 17.8 Å². The van der Waals surface area contributed by atoms with Crippen molar-refractivity contribution >= 4 is 27.7 Å². The summed E-state index contributed by atoms with van der Waals surface area (Å²) in [4.78, 5) is 24.9. The van der Waals surface area contributed by atoms with Gasteiger partial charge < -0.3 is 19.7 Å². The number of rotatable bonds is 6. The van der Waals surface area contributed by atoms with Crippen LogP contribution in [0.5, 0.6) is 5.75 Å². The van der Waals surface area contributed by atoms with Gasteiger partial charge in [0.05, 0.1) is 17.3 Å². The summed E-state index contributed by atoms with van der Waals surface area (Å²) < 4.78 is 28.8. The molecule has 0 radical (unpaired) electrons. The van der Waals surface area contributed by atoms with Crippen molar-refractivity contribution in [3.05, 3.63) is 42.2 Å². The fourth-order valence-corrected chi connectivity index (χ4v) is 4.03. The summed E-state index contributed by atoms with van der Waals surface area (Å²) >= 11 is 0. The molecule has 1 fully saturated rings. The maximum absolute atomic E-state index is 12.0. The molecular formula is C22H30N6O5S. The number of amides is 1. The first-order chi connectivity index (χ1) is 16.1. The van der Waals surface area contributed by atoms with Crippen LogP contribution in [-0.4, -0.2) is 72.3 Å². The van der Waals surface area contributed by atoms with E-state index in [2.05, 4.69) is 20.4 Å². The van der Waals surface area contributed by atoms with Crippen LogP contribution in [0.15, 0.2) is 46.7 Å². The highest BCUT2D eigenvalue weighted by Gasteiger charge is 2.28. The molecule has 1 aliphatic heterocycles. The van der Waals surface area contributed by atoms with Crippen molar-refractivity contribution in [3.8, 4) is 5.75 Å². The van der Waals surface area contributed by atoms with Gasteiger partial charge in [0, 0.05) is 37.8 Å². The third kappa shape index (κ3) is 6.34. The van der Waals surface area contributed by atoms with Gasteiger partial charge in [-0.25, -0.2) is 18.4 Å². The largest absolute Gasteiger partial charge is 0.486 e. The predicted molar refractivity (Wildman–Crippen MR) is 126 cm³/mol. The molecule has 1 saturated heterocycles. The van der Waals surface area contributed by atoms with E-state index in [-0.39, 0.29) is 35.3 Å². The van der Waals surface area contributed by atoms with Gasteiger partial charge in [-0.1, -0.05) is 31.1 Å². The highest BCUT2D eigenvalue weighted by molar-refractivity contribution is 7.90. The van der Waals surface area contributed by atoms with Gasteiger partial charge >= 0.3 is 0 Å². The highest BCUT2D eigenvalue weighted by atomic mass is 32.2. The van der Waals surface area contributed by atoms with Gasteiger partial charge in [0.1, 0.15) is 6.61 Å². The second kappa shape index (κ2) is 10.7. The number of piperazine rings is 1. The number of oxime groups is 1. The molecule has 12 heteroatoms. The number of nitrogens with zero attached hydrogens (tertiary/aromatic N) is 5. The first-order valence-corrected chi connectivity index (χ1v) is 12.8. The van der Waals surface area contributed by atoms with E-state index in [1.807, 2.05) is 16.7 Å². The van der Waals surface area contributed by atoms with Crippen LogP contribution in [0.2, 0.25) is 0 Å². The molecular weight excluding hydrogens is 460 g/mol. The van der Waals surface area contributed by atoms with Gasteiger partial charge in [-0.2, -0.15) is 0 Å². The van der Waals surface area contributed by atoms with Crippen molar-refractivity contribution in [2.24, 2.45) is 11.1 Å². The Kier molecular flexibility index (Phi) is 7.92. The molecule has 34 heavy (non-hydrogen) atoms. The first-order valence-electron chi connectivity index (χ1n) is 10.9. The number of guanidine groups is 1. The van der Waals surface area contributed by atoms with Crippen molar-refractivity contribution in [2.75, 3.05) is 30.8 Å². The number of ether oxygens (including phenoxy) is 1. The van der Waals surface area contributed by atoms with Gasteiger partial charge in [-0.05, 0) is 24.6 Å². The van der Waals surface area contributed by atoms with Crippen LogP contribution in [-0.2, 0) is 21.2 Å². The van der Waals surface area contributed by atoms with Crippen LogP contribution in [0.3, 0.4) is 0 Å². The summed E-state index contributed by atoms with van der Waals surface area (Å²) in [6.45, 7) is 7.40. The average molecular weight is 491 g/mol. The van der Waals surface area contributed by atoms with Crippen molar-refractivity contribution in [3.63, 3.8) is 0 Å². The van der Waals surface area contributed by atoms with E-state index in [0.29, 0.717) is 31.3 Å². The number of anilines is 1. The van der Waals surface area contributed by atoms with Crippen molar-refractivity contribution in [1.82, 2.24) is 20.2 Å². The number of carbonyl (C=O) groups excluding carboxylic acids is 1. The molecule has 3 rings (SSSR count). The molecule has 1 aliphatic rings. The minimum absolute atomic E-state index is 0.00146. The summed E-state index contributed by atoms with van der Waals surface area (Å²) in [5.41, 5.74) is 0.826. The van der Waals surface area contributed by atoms with Gasteiger partial charge in [0.25, 0.3) is 0 Å². The number of aromatic nitrogens is 2. The Morgan fingerprint density at radius 1 is 1.24 bits per heavy atom. The van der Waals surface area contributed by atoms with Crippen molar-refractivity contribution in [2.45, 2.75) is 38.3 Å². The number of nitrogens with one attached hydrogen (secondary N) is 1. The molecule has 0 saturated carbocycles. The van der Waals surface area contributed by atoms with E-state index in [0.717, 1.165) is 5.56 Å². The average Bonchev–Trinajstić information content (AvgIpc) is 2.81. The summed E-state index contributed by atoms with van der Waals surface area (Å²) in [6.07, 6.45) is 4.35. The Morgan fingerprint density at radius 3 is 2.41 bits per heavy atom. The molecule has 1 aromatic heterocycles. The molecule has 0 spiro atoms. The van der Waals surface area contributed by atoms with Gasteiger partial charge in [0.15, 0.2) is 15.6 Å². The maximum atomic E-state index is 12.0. The number of hydrogen-bond donors (Lipinski definition) is 2. The summed E-state index contributed by atoms with van der Waals surface area (Å²) in [7, 11) is -3.23. The Morgan fingerprint density at radius 2 is 1.88 bits per heavy atom. The lowest BCUT2D eigenvalue weighted by Crippen LogP contribution is -2.57. The van der Waals surface area contributed by atoms with E-state index in [9.17, 15) is 18.4 Å². The smallest absolute Gasteiger partial charge is 0.242 e. The van der Waals surface area contributed by atoms with Crippen molar-refractivity contribution < 1.29 is 23.2 Å². The van der Waals surface area contributed by atoms with E-state index >= 15 is 0 Å². The third-order valence-corrected chi connectivity index (χ3v) is 6.54. The van der Waals surface area contributed by atoms with Crippen molar-refractivity contribution in [1.29, 1.82) is 0 Å². The summed E-state index contributed by atoms with van der Waals surface area (Å²) in [5.74, 6) is 0.739. The summed E-state index contributed by atoms with van der Waals surface area (Å²) in [6, 6.07) is 6.52. The summed E-state index contributed by atoms with van der Waals surface area (Å²) in [5, 5.41) is 15.2. The molecule has 2 aromatic rings. The number of sulfone groups is 1. The maximum Gasteiger partial charge on any atom is 0.242 e. The van der Waals surface area contributed by atoms with Crippen LogP contribution in [0.25, 0.3) is 0 Å². The zero-order valence-electron chi connectivity index (χ0n) is 19.7. The monoisotopic (exact) mass is 490 g/mol. The lowest BCUT2D eigenvalue weighted by molar-refractivity contribution is -0.122. The zero-order valence-corrected chi connectivity index (χ0v) is 20.5. The van der Waals surface area contributed by atoms with Gasteiger partial charge in [-0.3, -0.25) is 10.1 Å². The molecule has 184 valence electrons. The van der Waals surface area contributed by atoms with E-state index < -0.39 is 9.84 Å². The first kappa shape index (κ1) is 25.2. The van der Waals surface area contributed by atoms with E-state index in [1.54, 1.807) is 50.5 Å². The molecule has 11 nitrogen and oxygen atoms in total. The molecule has 0 bridgehead atoms. The van der Waals surface area contributed by atoms with Crippen LogP contribution in [0.4, 0.5) is 5.95 Å². The van der Waals surface area contributed by atoms with Gasteiger partial charge in [-0.15, -0.1) is 0 Å². The molecule has 1 atom stereocenters. The normalized spacial score (nSPS) is 17.1. The van der Waals surface area contributed by atoms with E-state index in [1.165, 1.54) is 6.26 Å². The van der Waals surface area contributed by atoms with Crippen LogP contribution >= 0.6 is 0 Å². The van der Waals surface area contributed by atoms with Crippen LogP contribution < -0.4 is 15.0 Å². The minimum Gasteiger partial charge on any atom is -0.486 e. The number of carbonyl (C=O) groups is 1. The molecule has 1 amide bonds. The molecule has 0 unspecified atom stereocenters. The second-order valence-corrected chi connectivity index (χ2v) is 10.5. The fraction of sp³-hybridized carbons (Fsp3) is 0.455. The Bertz CT molecular complexity index is 1120. The predicted octanol–water partition coefficient (Wildman–Crippen LogP) is 1.49. The van der Waals surface area contributed by atoms with Crippen LogP contribution in [0.1, 0.15) is 26.3 Å². The topological polar surface area (TPSA) is 137 Å². The SMILES string of the molecule is CC(C)C(=O)N/C(=N\O)N1CCN(c2ncc(OCc3ccc(S(C)(=O)=O)cc3)cn2)[C@H](C)C1. The molecule has 2 heterocycles. The Labute approximate surface area is 199 Å². The third-order valence-electron chi connectivity index (χ3n) is 5.41. The lowest BCUT2D eigenvalue weighted by Gasteiger charge is -2.40. The van der Waals surface area contributed by atoms with E-state index in [4.69, 9.17) is 4.74 Å². The minimum atomic E-state index is -3.23. The van der Waals surface area contributed by atoms with Crippen LogP contribution in [0, 0.1) is 5.92 Å². The Balaban J connectivity index is 1.56.